The molecule has 1 radical (unpaired) electrons. The Labute approximate surface area is 110 Å². The monoisotopic (exact) mass is 392 g/mol. The van der Waals surface area contributed by atoms with Crippen molar-refractivity contribution in [3.8, 4) is 11.4 Å². The largest absolute Gasteiger partial charge is 0.373 e. The normalized spacial score (nSPS) is 10.2. The maximum Gasteiger partial charge on any atom is 0.0558 e. The Hall–Kier alpha value is -0.921. The second-order valence-corrected chi connectivity index (χ2v) is 4.02. The molecule has 0 saturated carbocycles. The van der Waals surface area contributed by atoms with Crippen molar-refractivity contribution in [2.75, 3.05) is 0 Å². The smallest absolute Gasteiger partial charge is 0.0558 e. The van der Waals surface area contributed by atoms with Gasteiger partial charge in [-0.25, -0.2) is 0 Å². The van der Waals surface area contributed by atoms with Crippen LogP contribution >= 0.6 is 0 Å². The number of hydrogen-bond donors (Lipinski definition) is 0. The van der Waals surface area contributed by atoms with Crippen LogP contribution < -0.4 is 0 Å². The van der Waals surface area contributed by atoms with Crippen LogP contribution in [0.3, 0.4) is 0 Å². The molecule has 0 aliphatic carbocycles. The van der Waals surface area contributed by atoms with E-state index in [0.717, 1.165) is 11.4 Å². The molecule has 2 rings (SSSR count). The quantitative estimate of drug-likeness (QED) is 0.720. The summed E-state index contributed by atoms with van der Waals surface area (Å²) in [7, 11) is 2.01. The molecule has 0 aliphatic rings. The van der Waals surface area contributed by atoms with Crippen LogP contribution in [0.15, 0.2) is 30.6 Å². The summed E-state index contributed by atoms with van der Waals surface area (Å²) >= 11 is 0. The summed E-state index contributed by atoms with van der Waals surface area (Å²) < 4.78 is 2.03. The van der Waals surface area contributed by atoms with Gasteiger partial charge in [-0.05, 0) is 0 Å². The predicted molar refractivity (Wildman–Crippen MR) is 61.6 cm³/mol. The van der Waals surface area contributed by atoms with E-state index >= 15 is 0 Å². The van der Waals surface area contributed by atoms with E-state index in [4.69, 9.17) is 0 Å². The van der Waals surface area contributed by atoms with Crippen LogP contribution in [-0.2, 0) is 27.2 Å². The van der Waals surface area contributed by atoms with Crippen molar-refractivity contribution in [1.29, 1.82) is 0 Å². The van der Waals surface area contributed by atoms with Crippen molar-refractivity contribution in [2.24, 2.45) is 7.05 Å². The molecule has 2 aromatic rings. The first kappa shape index (κ1) is 13.1. The van der Waals surface area contributed by atoms with Gasteiger partial charge in [0.1, 0.15) is 0 Å². The Balaban J connectivity index is 0.00000128. The van der Waals surface area contributed by atoms with Crippen molar-refractivity contribution in [3.05, 3.63) is 42.2 Å². The maximum absolute atomic E-state index is 4.36. The molecule has 0 saturated heterocycles. The minimum atomic E-state index is 0. The zero-order valence-corrected chi connectivity index (χ0v) is 12.1. The summed E-state index contributed by atoms with van der Waals surface area (Å²) in [5.74, 6) is 1.48. The topological polar surface area (TPSA) is 17.8 Å². The van der Waals surface area contributed by atoms with Crippen molar-refractivity contribution < 1.29 is 20.1 Å². The van der Waals surface area contributed by atoms with E-state index in [-0.39, 0.29) is 20.1 Å². The summed E-state index contributed by atoms with van der Waals surface area (Å²) in [6.07, 6.45) is 3.78. The fourth-order valence-corrected chi connectivity index (χ4v) is 1.73. The van der Waals surface area contributed by atoms with Crippen LogP contribution in [0.1, 0.15) is 25.3 Å². The van der Waals surface area contributed by atoms with E-state index in [9.17, 15) is 0 Å². The van der Waals surface area contributed by atoms with Gasteiger partial charge in [-0.3, -0.25) is 4.98 Å². The number of aryl methyl sites for hydroxylation is 1. The third-order valence-electron chi connectivity index (χ3n) is 2.56. The second-order valence-electron chi connectivity index (χ2n) is 4.02. The second kappa shape index (κ2) is 5.42. The van der Waals surface area contributed by atoms with Gasteiger partial charge in [0.2, 0.25) is 0 Å². The summed E-state index contributed by atoms with van der Waals surface area (Å²) in [5, 5.41) is 0. The van der Waals surface area contributed by atoms with Crippen LogP contribution in [0.2, 0.25) is 0 Å². The Bertz CT molecular complexity index is 460. The molecule has 1 aromatic carbocycles. The Morgan fingerprint density at radius 2 is 2.12 bits per heavy atom. The van der Waals surface area contributed by atoms with Gasteiger partial charge >= 0.3 is 0 Å². The summed E-state index contributed by atoms with van der Waals surface area (Å²) in [6.45, 7) is 4.38. The van der Waals surface area contributed by atoms with Crippen molar-refractivity contribution in [1.82, 2.24) is 9.55 Å². The van der Waals surface area contributed by atoms with Crippen molar-refractivity contribution >= 4 is 0 Å². The number of aromatic nitrogens is 2. The molecule has 0 unspecified atom stereocenters. The standard InChI is InChI=1S/C13H15N2.Ir/c1-10(2)11-6-4-5-7-12(11)13-14-8-9-15(13)3;/h4-6,8-10H,1-3H3;/q-1;. The van der Waals surface area contributed by atoms with Gasteiger partial charge in [0.15, 0.2) is 0 Å². The number of benzene rings is 1. The molecule has 1 heterocycles. The molecular formula is C13H15IrN2-. The molecule has 0 fully saturated rings. The van der Waals surface area contributed by atoms with Gasteiger partial charge < -0.3 is 4.57 Å². The van der Waals surface area contributed by atoms with Crippen LogP contribution in [-0.4, -0.2) is 9.55 Å². The van der Waals surface area contributed by atoms with E-state index in [1.807, 2.05) is 36.1 Å². The summed E-state index contributed by atoms with van der Waals surface area (Å²) in [4.78, 5) is 4.36. The minimum Gasteiger partial charge on any atom is -0.373 e. The Morgan fingerprint density at radius 3 is 2.69 bits per heavy atom. The van der Waals surface area contributed by atoms with E-state index < -0.39 is 0 Å². The van der Waals surface area contributed by atoms with Crippen molar-refractivity contribution in [3.63, 3.8) is 0 Å². The van der Waals surface area contributed by atoms with Gasteiger partial charge in [-0.1, -0.05) is 19.8 Å². The van der Waals surface area contributed by atoms with E-state index in [2.05, 4.69) is 31.0 Å². The fraction of sp³-hybridized carbons (Fsp3) is 0.308. The molecule has 0 N–H and O–H groups in total. The minimum absolute atomic E-state index is 0. The number of hydrogen-bond acceptors (Lipinski definition) is 1. The first-order chi connectivity index (χ1) is 7.20. The average molecular weight is 391 g/mol. The number of rotatable bonds is 2. The van der Waals surface area contributed by atoms with Crippen LogP contribution in [0, 0.1) is 6.07 Å². The molecule has 16 heavy (non-hydrogen) atoms. The van der Waals surface area contributed by atoms with E-state index in [1.165, 1.54) is 5.56 Å². The van der Waals surface area contributed by atoms with Crippen LogP contribution in [0.5, 0.6) is 0 Å². The SMILES string of the molecule is CC(C)c1ccc[c-]c1-c1nccn1C.[Ir]. The zero-order chi connectivity index (χ0) is 10.8. The summed E-state index contributed by atoms with van der Waals surface area (Å²) in [6, 6.07) is 9.39. The average Bonchev–Trinajstić information content (AvgIpc) is 2.64. The third-order valence-corrected chi connectivity index (χ3v) is 2.56. The van der Waals surface area contributed by atoms with Crippen molar-refractivity contribution in [2.45, 2.75) is 19.8 Å². The number of nitrogens with zero attached hydrogens (tertiary/aromatic N) is 2. The molecule has 2 nitrogen and oxygen atoms in total. The van der Waals surface area contributed by atoms with Gasteiger partial charge in [0, 0.05) is 39.5 Å². The maximum atomic E-state index is 4.36. The van der Waals surface area contributed by atoms with Crippen LogP contribution in [0.25, 0.3) is 11.4 Å². The molecule has 0 amide bonds. The molecule has 0 atom stereocenters. The molecular weight excluding hydrogens is 376 g/mol. The molecule has 87 valence electrons. The van der Waals surface area contributed by atoms with Gasteiger partial charge in [0.25, 0.3) is 0 Å². The summed E-state index contributed by atoms with van der Waals surface area (Å²) in [5.41, 5.74) is 2.41. The van der Waals surface area contributed by atoms with Gasteiger partial charge in [-0.2, -0.15) is 0 Å². The zero-order valence-electron chi connectivity index (χ0n) is 9.69. The van der Waals surface area contributed by atoms with E-state index in [1.54, 1.807) is 0 Å². The Kier molecular flexibility index (Phi) is 4.45. The van der Waals surface area contributed by atoms with Gasteiger partial charge in [0.05, 0.1) is 5.82 Å². The Morgan fingerprint density at radius 1 is 1.38 bits per heavy atom. The van der Waals surface area contributed by atoms with Gasteiger partial charge in [-0.15, -0.1) is 35.4 Å². The molecule has 0 bridgehead atoms. The molecule has 3 heteroatoms. The van der Waals surface area contributed by atoms with E-state index in [0.29, 0.717) is 5.92 Å². The van der Waals surface area contributed by atoms with Crippen LogP contribution in [0.4, 0.5) is 0 Å². The predicted octanol–water partition coefficient (Wildman–Crippen LogP) is 3.01. The first-order valence-electron chi connectivity index (χ1n) is 5.18. The molecule has 0 aliphatic heterocycles. The number of imidazole rings is 1. The fourth-order valence-electron chi connectivity index (χ4n) is 1.73. The third kappa shape index (κ3) is 2.42. The molecule has 1 aromatic heterocycles. The molecule has 0 spiro atoms. The first-order valence-corrected chi connectivity index (χ1v) is 5.18.